The molecule has 0 radical (unpaired) electrons. The van der Waals surface area contributed by atoms with Crippen LogP contribution >= 0.6 is 0 Å². The number of nitrogens with zero attached hydrogens (tertiary/aromatic N) is 2. The highest BCUT2D eigenvalue weighted by Crippen LogP contribution is 2.35. The van der Waals surface area contributed by atoms with Gasteiger partial charge in [-0.15, -0.1) is 5.10 Å². The highest BCUT2D eigenvalue weighted by molar-refractivity contribution is 5.44. The number of halogens is 1. The molecule has 4 nitrogen and oxygen atoms in total. The van der Waals surface area contributed by atoms with Crippen LogP contribution in [0.15, 0.2) is 54.6 Å². The minimum Gasteiger partial charge on any atom is -0.438 e. The van der Waals surface area contributed by atoms with Crippen molar-refractivity contribution in [2.75, 3.05) is 6.54 Å². The largest absolute Gasteiger partial charge is 0.438 e. The van der Waals surface area contributed by atoms with Gasteiger partial charge in [0.05, 0.1) is 5.69 Å². The van der Waals surface area contributed by atoms with Crippen molar-refractivity contribution >= 4 is 0 Å². The van der Waals surface area contributed by atoms with Crippen LogP contribution < -0.4 is 10.1 Å². The maximum absolute atomic E-state index is 14.3. The van der Waals surface area contributed by atoms with E-state index in [-0.39, 0.29) is 11.7 Å². The zero-order valence-corrected chi connectivity index (χ0v) is 14.6. The lowest BCUT2D eigenvalue weighted by Crippen LogP contribution is -2.12. The molecule has 132 valence electrons. The maximum atomic E-state index is 14.3. The third-order valence-electron chi connectivity index (χ3n) is 4.69. The predicted molar refractivity (Wildman–Crippen MR) is 97.9 cm³/mol. The van der Waals surface area contributed by atoms with Crippen molar-refractivity contribution < 1.29 is 9.13 Å². The van der Waals surface area contributed by atoms with Gasteiger partial charge in [0.2, 0.25) is 5.88 Å². The Kier molecular flexibility index (Phi) is 4.63. The van der Waals surface area contributed by atoms with E-state index in [9.17, 15) is 4.39 Å². The smallest absolute Gasteiger partial charge is 0.238 e. The average molecular weight is 349 g/mol. The first-order chi connectivity index (χ1) is 12.7. The molecule has 1 unspecified atom stereocenters. The second kappa shape index (κ2) is 7.22. The number of hydrogen-bond acceptors (Lipinski definition) is 4. The molecule has 1 aromatic heterocycles. The predicted octanol–water partition coefficient (Wildman–Crippen LogP) is 4.34. The Bertz CT molecular complexity index is 911. The molecule has 0 spiro atoms. The highest BCUT2D eigenvalue weighted by Gasteiger charge is 2.23. The van der Waals surface area contributed by atoms with E-state index in [2.05, 4.69) is 15.5 Å². The Hall–Kier alpha value is -2.79. The van der Waals surface area contributed by atoms with Crippen molar-refractivity contribution in [2.45, 2.75) is 25.8 Å². The zero-order chi connectivity index (χ0) is 17.9. The van der Waals surface area contributed by atoms with Gasteiger partial charge in [-0.2, -0.15) is 5.10 Å². The summed E-state index contributed by atoms with van der Waals surface area (Å²) in [5.41, 5.74) is 3.85. The summed E-state index contributed by atoms with van der Waals surface area (Å²) in [5.74, 6) is 1.05. The molecule has 2 heterocycles. The Balaban J connectivity index is 1.67. The highest BCUT2D eigenvalue weighted by atomic mass is 19.1. The summed E-state index contributed by atoms with van der Waals surface area (Å²) in [7, 11) is 0. The Morgan fingerprint density at radius 1 is 1.04 bits per heavy atom. The van der Waals surface area contributed by atoms with Gasteiger partial charge < -0.3 is 10.1 Å². The van der Waals surface area contributed by atoms with Gasteiger partial charge in [0.15, 0.2) is 0 Å². The average Bonchev–Trinajstić information content (AvgIpc) is 2.86. The molecule has 5 heteroatoms. The molecule has 0 saturated heterocycles. The van der Waals surface area contributed by atoms with E-state index in [4.69, 9.17) is 4.74 Å². The molecule has 26 heavy (non-hydrogen) atoms. The van der Waals surface area contributed by atoms with Crippen molar-refractivity contribution in [3.63, 3.8) is 0 Å². The lowest BCUT2D eigenvalue weighted by molar-refractivity contribution is 0.453. The van der Waals surface area contributed by atoms with Crippen LogP contribution in [0, 0.1) is 12.7 Å². The number of aryl methyl sites for hydroxylation is 1. The van der Waals surface area contributed by atoms with Crippen molar-refractivity contribution in [1.82, 2.24) is 15.5 Å². The summed E-state index contributed by atoms with van der Waals surface area (Å²) >= 11 is 0. The molecule has 0 aliphatic carbocycles. The van der Waals surface area contributed by atoms with Crippen molar-refractivity contribution in [1.29, 1.82) is 0 Å². The van der Waals surface area contributed by atoms with Crippen molar-refractivity contribution in [3.8, 4) is 11.6 Å². The second-order valence-electron chi connectivity index (χ2n) is 6.52. The van der Waals surface area contributed by atoms with Gasteiger partial charge in [-0.05, 0) is 60.8 Å². The minimum absolute atomic E-state index is 0.0365. The van der Waals surface area contributed by atoms with E-state index in [1.807, 2.05) is 43.3 Å². The Morgan fingerprint density at radius 3 is 2.73 bits per heavy atom. The molecular formula is C21H20FN3O. The van der Waals surface area contributed by atoms with Gasteiger partial charge in [0.25, 0.3) is 0 Å². The molecule has 4 rings (SSSR count). The van der Waals surface area contributed by atoms with Crippen LogP contribution in [0.1, 0.15) is 34.7 Å². The number of hydrogen-bond donors (Lipinski definition) is 1. The van der Waals surface area contributed by atoms with Crippen LogP contribution in [0.5, 0.6) is 11.6 Å². The van der Waals surface area contributed by atoms with Gasteiger partial charge in [-0.1, -0.05) is 24.3 Å². The van der Waals surface area contributed by atoms with E-state index in [1.165, 1.54) is 6.07 Å². The Morgan fingerprint density at radius 2 is 1.92 bits per heavy atom. The van der Waals surface area contributed by atoms with E-state index < -0.39 is 0 Å². The first-order valence-electron chi connectivity index (χ1n) is 8.77. The van der Waals surface area contributed by atoms with Gasteiger partial charge in [-0.3, -0.25) is 0 Å². The number of nitrogens with one attached hydrogen (secondary N) is 1. The molecule has 1 atom stereocenters. The lowest BCUT2D eigenvalue weighted by atomic mass is 9.86. The second-order valence-corrected chi connectivity index (χ2v) is 6.52. The fourth-order valence-corrected chi connectivity index (χ4v) is 3.41. The standard InChI is InChI=1S/C21H20FN3O/c1-14-6-9-21(25-24-14)26-16-7-8-17-15(12-16)13-23-11-10-18(17)19-4-2-3-5-20(19)22/h2-9,12,18,23H,10-11,13H2,1H3. The molecule has 0 amide bonds. The summed E-state index contributed by atoms with van der Waals surface area (Å²) < 4.78 is 20.2. The maximum Gasteiger partial charge on any atom is 0.238 e. The minimum atomic E-state index is -0.152. The number of fused-ring (bicyclic) bond motifs is 1. The molecule has 0 bridgehead atoms. The molecule has 1 aliphatic heterocycles. The number of benzene rings is 2. The third-order valence-corrected chi connectivity index (χ3v) is 4.69. The van der Waals surface area contributed by atoms with Gasteiger partial charge in [-0.25, -0.2) is 4.39 Å². The fourth-order valence-electron chi connectivity index (χ4n) is 3.41. The van der Waals surface area contributed by atoms with Crippen LogP contribution in [-0.4, -0.2) is 16.7 Å². The van der Waals surface area contributed by atoms with E-state index in [0.29, 0.717) is 11.6 Å². The quantitative estimate of drug-likeness (QED) is 0.764. The summed E-state index contributed by atoms with van der Waals surface area (Å²) in [4.78, 5) is 0. The summed E-state index contributed by atoms with van der Waals surface area (Å²) in [6.07, 6.45) is 0.859. The summed E-state index contributed by atoms with van der Waals surface area (Å²) in [5, 5.41) is 11.5. The Labute approximate surface area is 152 Å². The monoisotopic (exact) mass is 349 g/mol. The lowest BCUT2D eigenvalue weighted by Gasteiger charge is -2.19. The van der Waals surface area contributed by atoms with Gasteiger partial charge in [0.1, 0.15) is 11.6 Å². The van der Waals surface area contributed by atoms with E-state index >= 15 is 0 Å². The molecule has 1 aliphatic rings. The first kappa shape index (κ1) is 16.7. The molecule has 0 saturated carbocycles. The van der Waals surface area contributed by atoms with E-state index in [0.717, 1.165) is 41.9 Å². The van der Waals surface area contributed by atoms with Gasteiger partial charge in [0, 0.05) is 18.5 Å². The third kappa shape index (κ3) is 3.44. The molecular weight excluding hydrogens is 329 g/mol. The van der Waals surface area contributed by atoms with Crippen LogP contribution in [-0.2, 0) is 6.54 Å². The summed E-state index contributed by atoms with van der Waals surface area (Å²) in [6, 6.07) is 16.6. The zero-order valence-electron chi connectivity index (χ0n) is 14.6. The molecule has 2 aromatic carbocycles. The SMILES string of the molecule is Cc1ccc(Oc2ccc3c(c2)CNCCC3c2ccccc2F)nn1. The van der Waals surface area contributed by atoms with Crippen LogP contribution in [0.2, 0.25) is 0 Å². The molecule has 0 fully saturated rings. The van der Waals surface area contributed by atoms with Crippen molar-refractivity contribution in [2.24, 2.45) is 0 Å². The number of ether oxygens (including phenoxy) is 1. The number of aromatic nitrogens is 2. The van der Waals surface area contributed by atoms with Crippen LogP contribution in [0.3, 0.4) is 0 Å². The fraction of sp³-hybridized carbons (Fsp3) is 0.238. The summed E-state index contributed by atoms with van der Waals surface area (Å²) in [6.45, 7) is 3.46. The number of rotatable bonds is 3. The normalized spacial score (nSPS) is 16.6. The van der Waals surface area contributed by atoms with Gasteiger partial charge >= 0.3 is 0 Å². The van der Waals surface area contributed by atoms with Crippen LogP contribution in [0.4, 0.5) is 4.39 Å². The van der Waals surface area contributed by atoms with Crippen LogP contribution in [0.25, 0.3) is 0 Å². The first-order valence-corrected chi connectivity index (χ1v) is 8.77. The topological polar surface area (TPSA) is 47.0 Å². The molecule has 3 aromatic rings. The molecule has 1 N–H and O–H groups in total. The van der Waals surface area contributed by atoms with E-state index in [1.54, 1.807) is 12.1 Å². The van der Waals surface area contributed by atoms with Crippen molar-refractivity contribution in [3.05, 3.63) is 82.8 Å².